The zero-order valence-electron chi connectivity index (χ0n) is 9.66. The Labute approximate surface area is 106 Å². The number of hydrogen-bond acceptors (Lipinski definition) is 4. The first kappa shape index (κ1) is 12.2. The van der Waals surface area contributed by atoms with E-state index in [2.05, 4.69) is 10.3 Å². The molecular formula is C12H14ClN3O. The van der Waals surface area contributed by atoms with E-state index in [1.54, 1.807) is 19.4 Å². The zero-order chi connectivity index (χ0) is 12.3. The number of hydrogen-bond donors (Lipinski definition) is 1. The van der Waals surface area contributed by atoms with Crippen LogP contribution in [0.2, 0.25) is 5.02 Å². The molecule has 0 spiro atoms. The van der Waals surface area contributed by atoms with Gasteiger partial charge in [-0.3, -0.25) is 0 Å². The minimum absolute atomic E-state index is 0.0896. The Kier molecular flexibility index (Phi) is 3.51. The molecule has 0 aliphatic heterocycles. The maximum absolute atomic E-state index is 8.86. The first-order valence-corrected chi connectivity index (χ1v) is 5.92. The molecule has 4 nitrogen and oxygen atoms in total. The number of nitrogens with zero attached hydrogens (tertiary/aromatic N) is 2. The fourth-order valence-electron chi connectivity index (χ4n) is 1.92. The van der Waals surface area contributed by atoms with E-state index in [0.29, 0.717) is 22.9 Å². The lowest BCUT2D eigenvalue weighted by molar-refractivity contribution is -0.0601. The van der Waals surface area contributed by atoms with Gasteiger partial charge in [-0.1, -0.05) is 11.6 Å². The smallest absolute Gasteiger partial charge is 0.146 e. The van der Waals surface area contributed by atoms with Crippen LogP contribution in [0.1, 0.15) is 24.8 Å². The molecule has 0 amide bonds. The number of methoxy groups -OCH3 is 1. The van der Waals surface area contributed by atoms with Crippen LogP contribution in [0.15, 0.2) is 12.3 Å². The molecule has 1 heterocycles. The third-order valence-electron chi connectivity index (χ3n) is 3.29. The zero-order valence-corrected chi connectivity index (χ0v) is 10.4. The number of pyridine rings is 1. The normalized spacial score (nSPS) is 17.0. The Bertz CT molecular complexity index is 446. The van der Waals surface area contributed by atoms with E-state index in [1.807, 2.05) is 6.07 Å². The highest BCUT2D eigenvalue weighted by Crippen LogP contribution is 2.35. The van der Waals surface area contributed by atoms with Crippen LogP contribution in [0, 0.1) is 11.3 Å². The second-order valence-electron chi connectivity index (χ2n) is 4.23. The molecule has 90 valence electrons. The van der Waals surface area contributed by atoms with E-state index >= 15 is 0 Å². The van der Waals surface area contributed by atoms with Crippen molar-refractivity contribution in [1.29, 1.82) is 5.26 Å². The number of ether oxygens (including phenoxy) is 1. The van der Waals surface area contributed by atoms with Crippen LogP contribution >= 0.6 is 11.6 Å². The average Bonchev–Trinajstić information content (AvgIpc) is 2.30. The molecule has 0 atom stereocenters. The molecule has 0 saturated heterocycles. The van der Waals surface area contributed by atoms with Crippen LogP contribution in [-0.2, 0) is 4.74 Å². The molecule has 0 aromatic carbocycles. The van der Waals surface area contributed by atoms with E-state index in [4.69, 9.17) is 21.6 Å². The maximum Gasteiger partial charge on any atom is 0.146 e. The summed E-state index contributed by atoms with van der Waals surface area (Å²) in [6, 6.07) is 3.63. The predicted molar refractivity (Wildman–Crippen MR) is 66.0 cm³/mol. The van der Waals surface area contributed by atoms with E-state index in [-0.39, 0.29) is 5.60 Å². The summed E-state index contributed by atoms with van der Waals surface area (Å²) in [6.07, 6.45) is 4.86. The van der Waals surface area contributed by atoms with Crippen molar-refractivity contribution in [2.75, 3.05) is 19.0 Å². The number of rotatable bonds is 4. The van der Waals surface area contributed by atoms with Crippen LogP contribution in [-0.4, -0.2) is 24.2 Å². The molecule has 1 aliphatic carbocycles. The van der Waals surface area contributed by atoms with Crippen molar-refractivity contribution in [2.45, 2.75) is 24.9 Å². The Morgan fingerprint density at radius 2 is 2.41 bits per heavy atom. The van der Waals surface area contributed by atoms with Crippen molar-refractivity contribution in [1.82, 2.24) is 4.98 Å². The second kappa shape index (κ2) is 4.91. The van der Waals surface area contributed by atoms with Crippen LogP contribution in [0.5, 0.6) is 0 Å². The van der Waals surface area contributed by atoms with Gasteiger partial charge >= 0.3 is 0 Å². The number of nitriles is 1. The average molecular weight is 252 g/mol. The topological polar surface area (TPSA) is 57.9 Å². The quantitative estimate of drug-likeness (QED) is 0.894. The van der Waals surface area contributed by atoms with Gasteiger partial charge in [0.2, 0.25) is 0 Å². The van der Waals surface area contributed by atoms with Crippen LogP contribution in [0.4, 0.5) is 5.82 Å². The highest BCUT2D eigenvalue weighted by molar-refractivity contribution is 6.34. The first-order valence-electron chi connectivity index (χ1n) is 5.54. The van der Waals surface area contributed by atoms with Gasteiger partial charge in [0.15, 0.2) is 0 Å². The van der Waals surface area contributed by atoms with Gasteiger partial charge in [0.1, 0.15) is 16.9 Å². The minimum atomic E-state index is -0.0896. The van der Waals surface area contributed by atoms with E-state index < -0.39 is 0 Å². The van der Waals surface area contributed by atoms with Crippen molar-refractivity contribution in [3.63, 3.8) is 0 Å². The van der Waals surface area contributed by atoms with Gasteiger partial charge < -0.3 is 10.1 Å². The van der Waals surface area contributed by atoms with Gasteiger partial charge in [-0.25, -0.2) is 4.98 Å². The number of aromatic nitrogens is 1. The van der Waals surface area contributed by atoms with Gasteiger partial charge in [0, 0.05) is 19.9 Å². The number of anilines is 1. The van der Waals surface area contributed by atoms with Crippen LogP contribution in [0.3, 0.4) is 0 Å². The Hall–Kier alpha value is -1.31. The molecule has 0 unspecified atom stereocenters. The lowest BCUT2D eigenvalue weighted by atomic mass is 9.80. The summed E-state index contributed by atoms with van der Waals surface area (Å²) in [6.45, 7) is 0.672. The lowest BCUT2D eigenvalue weighted by Crippen LogP contribution is -2.45. The molecule has 1 aliphatic rings. The van der Waals surface area contributed by atoms with Gasteiger partial charge in [-0.2, -0.15) is 5.26 Å². The first-order chi connectivity index (χ1) is 8.21. The summed E-state index contributed by atoms with van der Waals surface area (Å²) < 4.78 is 5.49. The molecule has 17 heavy (non-hydrogen) atoms. The van der Waals surface area contributed by atoms with Gasteiger partial charge in [0.05, 0.1) is 11.2 Å². The summed E-state index contributed by atoms with van der Waals surface area (Å²) in [7, 11) is 1.72. The van der Waals surface area contributed by atoms with Crippen molar-refractivity contribution < 1.29 is 4.74 Å². The highest BCUT2D eigenvalue weighted by Gasteiger charge is 2.36. The second-order valence-corrected chi connectivity index (χ2v) is 4.61. The van der Waals surface area contributed by atoms with E-state index in [9.17, 15) is 0 Å². The van der Waals surface area contributed by atoms with E-state index in [1.165, 1.54) is 6.42 Å². The van der Waals surface area contributed by atoms with Crippen molar-refractivity contribution in [2.24, 2.45) is 0 Å². The maximum atomic E-state index is 8.86. The molecule has 1 saturated carbocycles. The molecule has 2 rings (SSSR count). The highest BCUT2D eigenvalue weighted by atomic mass is 35.5. The minimum Gasteiger partial charge on any atom is -0.376 e. The monoisotopic (exact) mass is 251 g/mol. The number of nitrogens with one attached hydrogen (secondary N) is 1. The third kappa shape index (κ3) is 2.36. The van der Waals surface area contributed by atoms with Gasteiger partial charge in [0.25, 0.3) is 0 Å². The van der Waals surface area contributed by atoms with Crippen molar-refractivity contribution >= 4 is 17.4 Å². The SMILES string of the molecule is COC1(CNc2nccc(C#N)c2Cl)CCC1. The van der Waals surface area contributed by atoms with Crippen LogP contribution < -0.4 is 5.32 Å². The third-order valence-corrected chi connectivity index (χ3v) is 3.67. The molecule has 0 radical (unpaired) electrons. The van der Waals surface area contributed by atoms with Gasteiger partial charge in [-0.05, 0) is 25.3 Å². The van der Waals surface area contributed by atoms with Crippen LogP contribution in [0.25, 0.3) is 0 Å². The molecule has 1 N–H and O–H groups in total. The molecule has 1 aromatic rings. The molecule has 5 heteroatoms. The van der Waals surface area contributed by atoms with E-state index in [0.717, 1.165) is 12.8 Å². The Morgan fingerprint density at radius 1 is 1.65 bits per heavy atom. The lowest BCUT2D eigenvalue weighted by Gasteiger charge is -2.40. The van der Waals surface area contributed by atoms with Crippen molar-refractivity contribution in [3.05, 3.63) is 22.8 Å². The Balaban J connectivity index is 2.07. The molecular weight excluding hydrogens is 238 g/mol. The fourth-order valence-corrected chi connectivity index (χ4v) is 2.14. The summed E-state index contributed by atoms with van der Waals surface area (Å²) in [4.78, 5) is 4.13. The Morgan fingerprint density at radius 3 is 2.94 bits per heavy atom. The summed E-state index contributed by atoms with van der Waals surface area (Å²) in [5.74, 6) is 0.550. The summed E-state index contributed by atoms with van der Waals surface area (Å²) in [5, 5.41) is 12.4. The standard InChI is InChI=1S/C12H14ClN3O/c1-17-12(4-2-5-12)8-16-11-10(13)9(7-14)3-6-15-11/h3,6H,2,4-5,8H2,1H3,(H,15,16). The number of halogens is 1. The molecule has 1 aromatic heterocycles. The summed E-state index contributed by atoms with van der Waals surface area (Å²) in [5.41, 5.74) is 0.345. The predicted octanol–water partition coefficient (Wildman–Crippen LogP) is 2.59. The fraction of sp³-hybridized carbons (Fsp3) is 0.500. The van der Waals surface area contributed by atoms with Gasteiger partial charge in [-0.15, -0.1) is 0 Å². The van der Waals surface area contributed by atoms with Crippen molar-refractivity contribution in [3.8, 4) is 6.07 Å². The largest absolute Gasteiger partial charge is 0.376 e. The molecule has 0 bridgehead atoms. The molecule has 1 fully saturated rings. The summed E-state index contributed by atoms with van der Waals surface area (Å²) >= 11 is 6.05.